The van der Waals surface area contributed by atoms with Crippen LogP contribution in [0.15, 0.2) is 4.52 Å². The molecule has 1 unspecified atom stereocenters. The van der Waals surface area contributed by atoms with Crippen LogP contribution in [0.2, 0.25) is 0 Å². The summed E-state index contributed by atoms with van der Waals surface area (Å²) in [5.41, 5.74) is 0. The maximum atomic E-state index is 11.6. The monoisotopic (exact) mass is 251 g/mol. The second-order valence-electron chi connectivity index (χ2n) is 5.29. The van der Waals surface area contributed by atoms with Gasteiger partial charge < -0.3 is 4.52 Å². The lowest BCUT2D eigenvalue weighted by atomic mass is 9.99. The van der Waals surface area contributed by atoms with Crippen molar-refractivity contribution in [3.63, 3.8) is 0 Å². The Morgan fingerprint density at radius 3 is 2.89 bits per heavy atom. The summed E-state index contributed by atoms with van der Waals surface area (Å²) in [6, 6.07) is 0.0214. The molecular weight excluding hydrogens is 230 g/mol. The van der Waals surface area contributed by atoms with Gasteiger partial charge in [-0.05, 0) is 26.3 Å². The van der Waals surface area contributed by atoms with Gasteiger partial charge in [0, 0.05) is 5.92 Å². The van der Waals surface area contributed by atoms with E-state index in [4.69, 9.17) is 4.52 Å². The number of carbonyl (C=O) groups excluding carboxylic acids is 1. The molecular formula is C13H21N3O2. The van der Waals surface area contributed by atoms with Gasteiger partial charge in [0.15, 0.2) is 5.82 Å². The molecule has 100 valence electrons. The van der Waals surface area contributed by atoms with Gasteiger partial charge >= 0.3 is 0 Å². The fourth-order valence-electron chi connectivity index (χ4n) is 2.38. The number of hydrogen-bond acceptors (Lipinski definition) is 5. The highest BCUT2D eigenvalue weighted by molar-refractivity contribution is 5.81. The second-order valence-corrected chi connectivity index (χ2v) is 5.29. The summed E-state index contributed by atoms with van der Waals surface area (Å²) in [4.78, 5) is 18.1. The van der Waals surface area contributed by atoms with Crippen LogP contribution in [-0.2, 0) is 11.3 Å². The molecule has 1 aromatic rings. The number of ketones is 1. The van der Waals surface area contributed by atoms with E-state index in [0.29, 0.717) is 12.4 Å². The van der Waals surface area contributed by atoms with Gasteiger partial charge in [0.25, 0.3) is 0 Å². The summed E-state index contributed by atoms with van der Waals surface area (Å²) < 4.78 is 5.24. The Kier molecular flexibility index (Phi) is 4.11. The first-order chi connectivity index (χ1) is 8.58. The first kappa shape index (κ1) is 13.2. The number of piperidine rings is 1. The van der Waals surface area contributed by atoms with E-state index in [2.05, 4.69) is 15.0 Å². The first-order valence-corrected chi connectivity index (χ1v) is 6.65. The average Bonchev–Trinajstić information content (AvgIpc) is 2.78. The lowest BCUT2D eigenvalue weighted by Crippen LogP contribution is -2.43. The fourth-order valence-corrected chi connectivity index (χ4v) is 2.38. The maximum absolute atomic E-state index is 11.6. The molecule has 5 heteroatoms. The van der Waals surface area contributed by atoms with Crippen molar-refractivity contribution in [2.75, 3.05) is 6.54 Å². The summed E-state index contributed by atoms with van der Waals surface area (Å²) in [5.74, 6) is 1.86. The van der Waals surface area contributed by atoms with Crippen LogP contribution < -0.4 is 0 Å². The molecule has 1 aliphatic heterocycles. The van der Waals surface area contributed by atoms with E-state index in [1.807, 2.05) is 13.8 Å². The van der Waals surface area contributed by atoms with E-state index >= 15 is 0 Å². The molecule has 1 fully saturated rings. The van der Waals surface area contributed by atoms with Crippen molar-refractivity contribution in [3.8, 4) is 0 Å². The van der Waals surface area contributed by atoms with Crippen molar-refractivity contribution >= 4 is 5.78 Å². The smallest absolute Gasteiger partial charge is 0.240 e. The summed E-state index contributed by atoms with van der Waals surface area (Å²) in [7, 11) is 0. The largest absolute Gasteiger partial charge is 0.338 e. The SMILES string of the molecule is CC(=O)C1CCCCN1Cc1nc(C(C)C)no1. The predicted molar refractivity (Wildman–Crippen MR) is 67.1 cm³/mol. The van der Waals surface area contributed by atoms with Crippen LogP contribution >= 0.6 is 0 Å². The normalized spacial score (nSPS) is 21.4. The van der Waals surface area contributed by atoms with E-state index in [1.165, 1.54) is 0 Å². The summed E-state index contributed by atoms with van der Waals surface area (Å²) in [6.45, 7) is 7.26. The molecule has 0 N–H and O–H groups in total. The maximum Gasteiger partial charge on any atom is 0.240 e. The molecule has 0 saturated carbocycles. The first-order valence-electron chi connectivity index (χ1n) is 6.65. The van der Waals surface area contributed by atoms with E-state index < -0.39 is 0 Å². The van der Waals surface area contributed by atoms with Gasteiger partial charge in [-0.1, -0.05) is 25.4 Å². The molecule has 0 radical (unpaired) electrons. The molecule has 0 spiro atoms. The van der Waals surface area contributed by atoms with Gasteiger partial charge in [-0.3, -0.25) is 9.69 Å². The number of rotatable bonds is 4. The molecule has 1 aliphatic rings. The molecule has 0 aromatic carbocycles. The van der Waals surface area contributed by atoms with Crippen molar-refractivity contribution in [2.24, 2.45) is 0 Å². The Labute approximate surface area is 108 Å². The third-order valence-electron chi connectivity index (χ3n) is 3.42. The number of aromatic nitrogens is 2. The molecule has 1 saturated heterocycles. The summed E-state index contributed by atoms with van der Waals surface area (Å²) in [6.07, 6.45) is 3.21. The molecule has 2 rings (SSSR count). The minimum Gasteiger partial charge on any atom is -0.338 e. The van der Waals surface area contributed by atoms with Gasteiger partial charge in [-0.15, -0.1) is 0 Å². The molecule has 2 heterocycles. The molecule has 0 bridgehead atoms. The minimum atomic E-state index is 0.0214. The summed E-state index contributed by atoms with van der Waals surface area (Å²) in [5, 5.41) is 3.95. The van der Waals surface area contributed by atoms with Crippen molar-refractivity contribution < 1.29 is 9.32 Å². The Morgan fingerprint density at radius 1 is 1.50 bits per heavy atom. The highest BCUT2D eigenvalue weighted by Crippen LogP contribution is 2.20. The highest BCUT2D eigenvalue weighted by atomic mass is 16.5. The zero-order chi connectivity index (χ0) is 13.1. The van der Waals surface area contributed by atoms with Crippen molar-refractivity contribution in [2.45, 2.75) is 58.5 Å². The lowest BCUT2D eigenvalue weighted by molar-refractivity contribution is -0.123. The van der Waals surface area contributed by atoms with E-state index in [-0.39, 0.29) is 17.7 Å². The van der Waals surface area contributed by atoms with Crippen LogP contribution in [0.5, 0.6) is 0 Å². The number of hydrogen-bond donors (Lipinski definition) is 0. The van der Waals surface area contributed by atoms with Gasteiger partial charge in [0.05, 0.1) is 12.6 Å². The zero-order valence-corrected chi connectivity index (χ0v) is 11.3. The Morgan fingerprint density at radius 2 is 2.28 bits per heavy atom. The molecule has 18 heavy (non-hydrogen) atoms. The molecule has 1 aromatic heterocycles. The lowest BCUT2D eigenvalue weighted by Gasteiger charge is -2.32. The van der Waals surface area contributed by atoms with Crippen LogP contribution in [0.3, 0.4) is 0 Å². The van der Waals surface area contributed by atoms with Gasteiger partial charge in [0.2, 0.25) is 5.89 Å². The third-order valence-corrected chi connectivity index (χ3v) is 3.42. The fraction of sp³-hybridized carbons (Fsp3) is 0.769. The van der Waals surface area contributed by atoms with E-state index in [9.17, 15) is 4.79 Å². The third kappa shape index (κ3) is 2.96. The van der Waals surface area contributed by atoms with Crippen molar-refractivity contribution in [1.82, 2.24) is 15.0 Å². The molecule has 0 aliphatic carbocycles. The average molecular weight is 251 g/mol. The number of Topliss-reactive ketones (excluding diaryl/α,β-unsaturated/α-hetero) is 1. The quantitative estimate of drug-likeness (QED) is 0.820. The van der Waals surface area contributed by atoms with Crippen molar-refractivity contribution in [1.29, 1.82) is 0 Å². The van der Waals surface area contributed by atoms with Gasteiger partial charge in [-0.25, -0.2) is 0 Å². The molecule has 1 atom stereocenters. The Bertz CT molecular complexity index is 414. The predicted octanol–water partition coefficient (Wildman–Crippen LogP) is 2.14. The van der Waals surface area contributed by atoms with Crippen LogP contribution in [0.1, 0.15) is 57.7 Å². The second kappa shape index (κ2) is 5.61. The zero-order valence-electron chi connectivity index (χ0n) is 11.3. The Hall–Kier alpha value is -1.23. The van der Waals surface area contributed by atoms with Crippen LogP contribution in [0, 0.1) is 0 Å². The standard InChI is InChI=1S/C13H21N3O2/c1-9(2)13-14-12(18-15-13)8-16-7-5-4-6-11(16)10(3)17/h9,11H,4-8H2,1-3H3. The minimum absolute atomic E-state index is 0.0214. The van der Waals surface area contributed by atoms with Crippen LogP contribution in [-0.4, -0.2) is 33.4 Å². The summed E-state index contributed by atoms with van der Waals surface area (Å²) >= 11 is 0. The van der Waals surface area contributed by atoms with Crippen LogP contribution in [0.4, 0.5) is 0 Å². The molecule has 5 nitrogen and oxygen atoms in total. The topological polar surface area (TPSA) is 59.2 Å². The van der Waals surface area contributed by atoms with E-state index in [0.717, 1.165) is 31.6 Å². The van der Waals surface area contributed by atoms with Gasteiger partial charge in [-0.2, -0.15) is 4.98 Å². The van der Waals surface area contributed by atoms with Crippen molar-refractivity contribution in [3.05, 3.63) is 11.7 Å². The molecule has 0 amide bonds. The van der Waals surface area contributed by atoms with Crippen LogP contribution in [0.25, 0.3) is 0 Å². The Balaban J connectivity index is 2.03. The van der Waals surface area contributed by atoms with E-state index in [1.54, 1.807) is 6.92 Å². The highest BCUT2D eigenvalue weighted by Gasteiger charge is 2.27. The van der Waals surface area contributed by atoms with Gasteiger partial charge in [0.1, 0.15) is 5.78 Å². The number of carbonyl (C=O) groups is 1. The number of nitrogens with zero attached hydrogens (tertiary/aromatic N) is 3. The number of likely N-dealkylation sites (tertiary alicyclic amines) is 1.